The lowest BCUT2D eigenvalue weighted by molar-refractivity contribution is -0.146. The second kappa shape index (κ2) is 14.4. The molecule has 0 bridgehead atoms. The van der Waals surface area contributed by atoms with Crippen LogP contribution in [0.25, 0.3) is 0 Å². The van der Waals surface area contributed by atoms with Gasteiger partial charge in [-0.15, -0.1) is 0 Å². The van der Waals surface area contributed by atoms with Gasteiger partial charge in [-0.2, -0.15) is 13.2 Å². The standard InChI is InChI=1S/C32H37F4N5O5/c1-17(2)24(31(45)46)38-16-41-26-21(9-6-10-23(26)33)25(19-7-4-3-5-8-19)39-28(30(41)44)40-29(43)20(13-14-32(34,35)36)22(27(37)42)15-18-11-12-18/h3-10,17-18,20,22,24,28,38H,11-16H2,1-2H3,(H2,37,42)(H,40,43)(H,45,46)/t20-,22+,24+,28-/m1/s1. The maximum absolute atomic E-state index is 15.6. The summed E-state index contributed by atoms with van der Waals surface area (Å²) in [6.45, 7) is 2.78. The molecule has 0 saturated heterocycles. The van der Waals surface area contributed by atoms with E-state index in [1.54, 1.807) is 44.2 Å². The Hall–Kier alpha value is -4.33. The number of carbonyl (C=O) groups excluding carboxylic acids is 3. The molecule has 1 fully saturated rings. The van der Waals surface area contributed by atoms with Gasteiger partial charge in [0.25, 0.3) is 5.91 Å². The highest BCUT2D eigenvalue weighted by molar-refractivity contribution is 6.20. The molecule has 0 spiro atoms. The molecule has 4 atom stereocenters. The second-order valence-corrected chi connectivity index (χ2v) is 12.0. The third-order valence-electron chi connectivity index (χ3n) is 8.21. The van der Waals surface area contributed by atoms with Crippen LogP contribution in [-0.4, -0.2) is 59.6 Å². The van der Waals surface area contributed by atoms with Gasteiger partial charge in [-0.05, 0) is 30.7 Å². The van der Waals surface area contributed by atoms with Crippen LogP contribution in [0, 0.1) is 29.5 Å². The highest BCUT2D eigenvalue weighted by Gasteiger charge is 2.42. The third kappa shape index (κ3) is 8.47. The summed E-state index contributed by atoms with van der Waals surface area (Å²) in [5.41, 5.74) is 6.06. The molecule has 1 aliphatic heterocycles. The Balaban J connectivity index is 1.78. The molecule has 5 N–H and O–H groups in total. The number of aliphatic carboxylic acids is 1. The molecule has 0 unspecified atom stereocenters. The zero-order valence-electron chi connectivity index (χ0n) is 25.4. The molecule has 3 amide bonds. The van der Waals surface area contributed by atoms with Crippen LogP contribution in [0.3, 0.4) is 0 Å². The van der Waals surface area contributed by atoms with Crippen molar-refractivity contribution in [2.45, 2.75) is 64.3 Å². The fraction of sp³-hybridized carbons (Fsp3) is 0.469. The van der Waals surface area contributed by atoms with Crippen molar-refractivity contribution in [3.63, 3.8) is 0 Å². The molecule has 0 radical (unpaired) electrons. The topological polar surface area (TPSA) is 154 Å². The number of alkyl halides is 3. The van der Waals surface area contributed by atoms with Crippen molar-refractivity contribution in [2.75, 3.05) is 11.6 Å². The number of hydrogen-bond acceptors (Lipinski definition) is 6. The number of benzene rings is 2. The molecule has 0 aromatic heterocycles. The number of nitrogens with two attached hydrogens (primary N) is 1. The summed E-state index contributed by atoms with van der Waals surface area (Å²) in [5.74, 6) is -8.10. The van der Waals surface area contributed by atoms with Crippen molar-refractivity contribution in [1.82, 2.24) is 10.6 Å². The molecular weight excluding hydrogens is 610 g/mol. The van der Waals surface area contributed by atoms with Crippen molar-refractivity contribution >= 4 is 35.1 Å². The first-order chi connectivity index (χ1) is 21.7. The van der Waals surface area contributed by atoms with E-state index < -0.39 is 85.2 Å². The Morgan fingerprint density at radius 2 is 1.74 bits per heavy atom. The first-order valence-corrected chi connectivity index (χ1v) is 15.0. The number of fused-ring (bicyclic) bond motifs is 1. The lowest BCUT2D eigenvalue weighted by Gasteiger charge is -2.30. The number of para-hydroxylation sites is 1. The van der Waals surface area contributed by atoms with Crippen LogP contribution in [0.1, 0.15) is 57.1 Å². The lowest BCUT2D eigenvalue weighted by Crippen LogP contribution is -2.54. The summed E-state index contributed by atoms with van der Waals surface area (Å²) >= 11 is 0. The first kappa shape index (κ1) is 34.5. The predicted molar refractivity (Wildman–Crippen MR) is 161 cm³/mol. The number of carboxylic acid groups (broad SMARTS) is 1. The minimum Gasteiger partial charge on any atom is -0.480 e. The lowest BCUT2D eigenvalue weighted by atomic mass is 9.83. The molecule has 10 nitrogen and oxygen atoms in total. The van der Waals surface area contributed by atoms with Gasteiger partial charge in [0.2, 0.25) is 18.0 Å². The maximum atomic E-state index is 15.6. The maximum Gasteiger partial charge on any atom is 0.389 e. The molecule has 1 aliphatic carbocycles. The van der Waals surface area contributed by atoms with Crippen molar-refractivity contribution < 1.29 is 41.8 Å². The monoisotopic (exact) mass is 647 g/mol. The van der Waals surface area contributed by atoms with E-state index >= 15 is 4.39 Å². The van der Waals surface area contributed by atoms with Crippen LogP contribution in [0.4, 0.5) is 23.2 Å². The second-order valence-electron chi connectivity index (χ2n) is 12.0. The highest BCUT2D eigenvalue weighted by atomic mass is 19.4. The van der Waals surface area contributed by atoms with E-state index in [1.165, 1.54) is 12.1 Å². The summed E-state index contributed by atoms with van der Waals surface area (Å²) in [7, 11) is 0. The Morgan fingerprint density at radius 1 is 1.07 bits per heavy atom. The average molecular weight is 648 g/mol. The molecule has 1 heterocycles. The van der Waals surface area contributed by atoms with E-state index in [1.807, 2.05) is 0 Å². The van der Waals surface area contributed by atoms with E-state index in [-0.39, 0.29) is 29.3 Å². The molecule has 248 valence electrons. The van der Waals surface area contributed by atoms with Crippen molar-refractivity contribution in [3.05, 3.63) is 65.5 Å². The van der Waals surface area contributed by atoms with E-state index in [2.05, 4.69) is 15.6 Å². The predicted octanol–water partition coefficient (Wildman–Crippen LogP) is 3.97. The number of amides is 3. The average Bonchev–Trinajstić information content (AvgIpc) is 3.81. The Bertz CT molecular complexity index is 1480. The number of hydrogen-bond donors (Lipinski definition) is 4. The summed E-state index contributed by atoms with van der Waals surface area (Å²) < 4.78 is 55.6. The SMILES string of the molecule is CC(C)[C@H](NCN1C(=O)[C@@H](NC(=O)[C@H](CCC(F)(F)F)[C@H](CC2CC2)C(N)=O)N=C(c2ccccc2)c2cccc(F)c21)C(=O)O. The van der Waals surface area contributed by atoms with Gasteiger partial charge in [-0.25, -0.2) is 9.38 Å². The third-order valence-corrected chi connectivity index (χ3v) is 8.21. The summed E-state index contributed by atoms with van der Waals surface area (Å²) in [4.78, 5) is 57.7. The van der Waals surface area contributed by atoms with Crippen molar-refractivity contribution in [1.29, 1.82) is 0 Å². The highest BCUT2D eigenvalue weighted by Crippen LogP contribution is 2.39. The zero-order chi connectivity index (χ0) is 33.8. The van der Waals surface area contributed by atoms with Crippen LogP contribution in [-0.2, 0) is 19.2 Å². The normalized spacial score (nSPS) is 18.7. The number of nitrogens with zero attached hydrogens (tertiary/aromatic N) is 2. The van der Waals surface area contributed by atoms with Gasteiger partial charge in [0.05, 0.1) is 18.1 Å². The summed E-state index contributed by atoms with van der Waals surface area (Å²) in [5, 5.41) is 14.9. The number of halogens is 4. The number of aliphatic imine (C=N–C) groups is 1. The number of nitrogens with one attached hydrogen (secondary N) is 2. The fourth-order valence-corrected chi connectivity index (χ4v) is 5.63. The van der Waals surface area contributed by atoms with Crippen LogP contribution in [0.2, 0.25) is 0 Å². The van der Waals surface area contributed by atoms with E-state index in [9.17, 15) is 37.5 Å². The fourth-order valence-electron chi connectivity index (χ4n) is 5.63. The van der Waals surface area contributed by atoms with Gasteiger partial charge >= 0.3 is 12.1 Å². The number of primary amides is 1. The van der Waals surface area contributed by atoms with Crippen molar-refractivity contribution in [2.24, 2.45) is 34.4 Å². The Labute approximate surface area is 263 Å². The number of carbonyl (C=O) groups is 4. The minimum absolute atomic E-state index is 0.0445. The van der Waals surface area contributed by atoms with Crippen LogP contribution < -0.4 is 21.3 Å². The van der Waals surface area contributed by atoms with Crippen LogP contribution >= 0.6 is 0 Å². The number of benzodiazepines with no additional fused rings is 1. The molecule has 1 saturated carbocycles. The number of anilines is 1. The summed E-state index contributed by atoms with van der Waals surface area (Å²) in [6, 6.07) is 11.3. The quantitative estimate of drug-likeness (QED) is 0.228. The van der Waals surface area contributed by atoms with Gasteiger partial charge in [0, 0.05) is 29.4 Å². The smallest absolute Gasteiger partial charge is 0.389 e. The van der Waals surface area contributed by atoms with Gasteiger partial charge in [0.1, 0.15) is 11.9 Å². The molecule has 2 aromatic carbocycles. The largest absolute Gasteiger partial charge is 0.480 e. The molecule has 4 rings (SSSR count). The van der Waals surface area contributed by atoms with Crippen molar-refractivity contribution in [3.8, 4) is 0 Å². The van der Waals surface area contributed by atoms with Gasteiger partial charge in [-0.1, -0.05) is 69.2 Å². The molecule has 2 aromatic rings. The van der Waals surface area contributed by atoms with Crippen LogP contribution in [0.5, 0.6) is 0 Å². The molecule has 14 heteroatoms. The molecule has 46 heavy (non-hydrogen) atoms. The van der Waals surface area contributed by atoms with E-state index in [4.69, 9.17) is 5.73 Å². The van der Waals surface area contributed by atoms with Gasteiger partial charge in [0.15, 0.2) is 0 Å². The van der Waals surface area contributed by atoms with E-state index in [0.29, 0.717) is 5.56 Å². The summed E-state index contributed by atoms with van der Waals surface area (Å²) in [6.07, 6.45) is -6.89. The van der Waals surface area contributed by atoms with E-state index in [0.717, 1.165) is 23.8 Å². The van der Waals surface area contributed by atoms with Gasteiger partial charge in [-0.3, -0.25) is 29.4 Å². The number of rotatable bonds is 14. The Morgan fingerprint density at radius 3 is 2.30 bits per heavy atom. The van der Waals surface area contributed by atoms with Crippen LogP contribution in [0.15, 0.2) is 53.5 Å². The Kier molecular flexibility index (Phi) is 10.8. The molecular formula is C32H37F4N5O5. The zero-order valence-corrected chi connectivity index (χ0v) is 25.4. The van der Waals surface area contributed by atoms with Gasteiger partial charge < -0.3 is 16.2 Å². The molecule has 2 aliphatic rings. The first-order valence-electron chi connectivity index (χ1n) is 15.0. The number of carboxylic acids is 1. The minimum atomic E-state index is -4.63.